The van der Waals surface area contributed by atoms with E-state index in [1.54, 1.807) is 7.11 Å². The van der Waals surface area contributed by atoms with Gasteiger partial charge in [-0.05, 0) is 45.1 Å². The first kappa shape index (κ1) is 12.6. The van der Waals surface area contributed by atoms with Crippen molar-refractivity contribution >= 4 is 5.84 Å². The van der Waals surface area contributed by atoms with E-state index < -0.39 is 0 Å². The number of ether oxygens (including phenoxy) is 1. The van der Waals surface area contributed by atoms with Gasteiger partial charge in [0.2, 0.25) is 0 Å². The number of amidine groups is 1. The lowest BCUT2D eigenvalue weighted by Gasteiger charge is -2.37. The molecule has 3 atom stereocenters. The summed E-state index contributed by atoms with van der Waals surface area (Å²) in [5.74, 6) is 0.363. The number of hydrogen-bond donors (Lipinski definition) is 2. The Morgan fingerprint density at radius 1 is 1.35 bits per heavy atom. The van der Waals surface area contributed by atoms with Gasteiger partial charge in [-0.25, -0.2) is 0 Å². The van der Waals surface area contributed by atoms with Crippen molar-refractivity contribution in [3.63, 3.8) is 0 Å². The van der Waals surface area contributed by atoms with Crippen LogP contribution in [0.1, 0.15) is 38.5 Å². The minimum Gasteiger partial charge on any atom is -0.409 e. The van der Waals surface area contributed by atoms with E-state index in [1.807, 2.05) is 0 Å². The monoisotopic (exact) mass is 241 g/mol. The van der Waals surface area contributed by atoms with E-state index in [1.165, 1.54) is 12.8 Å². The Balaban J connectivity index is 2.00. The van der Waals surface area contributed by atoms with Gasteiger partial charge >= 0.3 is 0 Å². The van der Waals surface area contributed by atoms with Crippen LogP contribution in [0.4, 0.5) is 0 Å². The maximum Gasteiger partial charge on any atom is 0.156 e. The van der Waals surface area contributed by atoms with Gasteiger partial charge in [-0.1, -0.05) is 5.16 Å². The van der Waals surface area contributed by atoms with Crippen LogP contribution in [0.5, 0.6) is 0 Å². The summed E-state index contributed by atoms with van der Waals surface area (Å²) in [6.45, 7) is 1.06. The largest absolute Gasteiger partial charge is 0.409 e. The van der Waals surface area contributed by atoms with Gasteiger partial charge in [0.05, 0.1) is 12.1 Å². The Hall–Kier alpha value is -0.810. The molecule has 0 bridgehead atoms. The van der Waals surface area contributed by atoms with Crippen molar-refractivity contribution in [1.29, 1.82) is 0 Å². The fraction of sp³-hybridized carbons (Fsp3) is 0.917. The molecule has 1 saturated carbocycles. The molecule has 2 rings (SSSR count). The third-order valence-electron chi connectivity index (χ3n) is 4.15. The summed E-state index contributed by atoms with van der Waals surface area (Å²) in [6, 6.07) is 0.655. The zero-order valence-corrected chi connectivity index (χ0v) is 10.5. The Bertz CT molecular complexity index is 283. The van der Waals surface area contributed by atoms with Crippen molar-refractivity contribution in [1.82, 2.24) is 4.90 Å². The molecule has 1 saturated heterocycles. The van der Waals surface area contributed by atoms with Crippen molar-refractivity contribution < 1.29 is 9.94 Å². The van der Waals surface area contributed by atoms with E-state index in [2.05, 4.69) is 10.1 Å². The molecule has 98 valence electrons. The highest BCUT2D eigenvalue weighted by Crippen LogP contribution is 2.30. The molecule has 2 aliphatic rings. The second kappa shape index (κ2) is 5.69. The van der Waals surface area contributed by atoms with Crippen LogP contribution in [0.15, 0.2) is 5.16 Å². The van der Waals surface area contributed by atoms with E-state index in [-0.39, 0.29) is 6.04 Å². The highest BCUT2D eigenvalue weighted by molar-refractivity contribution is 5.85. The Kier molecular flexibility index (Phi) is 4.23. The first-order chi connectivity index (χ1) is 8.26. The van der Waals surface area contributed by atoms with Crippen LogP contribution in [0.2, 0.25) is 0 Å². The van der Waals surface area contributed by atoms with Gasteiger partial charge in [0.25, 0.3) is 0 Å². The molecule has 0 aromatic rings. The van der Waals surface area contributed by atoms with Crippen LogP contribution < -0.4 is 5.73 Å². The topological polar surface area (TPSA) is 71.1 Å². The molecule has 1 aliphatic carbocycles. The van der Waals surface area contributed by atoms with Gasteiger partial charge in [0.15, 0.2) is 5.84 Å². The summed E-state index contributed by atoms with van der Waals surface area (Å²) in [4.78, 5) is 2.40. The van der Waals surface area contributed by atoms with Crippen LogP contribution in [0.3, 0.4) is 0 Å². The van der Waals surface area contributed by atoms with E-state index in [0.29, 0.717) is 18.0 Å². The molecule has 5 nitrogen and oxygen atoms in total. The molecule has 0 spiro atoms. The highest BCUT2D eigenvalue weighted by Gasteiger charge is 2.35. The maximum atomic E-state index is 8.82. The average Bonchev–Trinajstić information content (AvgIpc) is 2.87. The Morgan fingerprint density at radius 2 is 2.18 bits per heavy atom. The standard InChI is InChI=1S/C12H23N3O2/c1-17-10-5-2-4-9(8-10)15-7-3-6-11(15)12(13)14-16/h9-11,16H,2-8H2,1H3,(H2,13,14). The lowest BCUT2D eigenvalue weighted by Crippen LogP contribution is -2.48. The number of methoxy groups -OCH3 is 1. The third kappa shape index (κ3) is 2.72. The molecule has 0 aromatic carbocycles. The van der Waals surface area contributed by atoms with Gasteiger partial charge in [-0.3, -0.25) is 4.90 Å². The smallest absolute Gasteiger partial charge is 0.156 e. The Labute approximate surface area is 103 Å². The van der Waals surface area contributed by atoms with E-state index in [9.17, 15) is 0 Å². The summed E-state index contributed by atoms with van der Waals surface area (Å²) in [7, 11) is 1.79. The van der Waals surface area contributed by atoms with Crippen LogP contribution in [-0.4, -0.2) is 47.8 Å². The number of oxime groups is 1. The quantitative estimate of drug-likeness (QED) is 0.336. The molecule has 0 radical (unpaired) electrons. The minimum absolute atomic E-state index is 0.126. The molecule has 3 N–H and O–H groups in total. The molecule has 0 amide bonds. The molecular formula is C12H23N3O2. The lowest BCUT2D eigenvalue weighted by molar-refractivity contribution is 0.0298. The summed E-state index contributed by atoms with van der Waals surface area (Å²) < 4.78 is 5.47. The third-order valence-corrected chi connectivity index (χ3v) is 4.15. The first-order valence-corrected chi connectivity index (χ1v) is 6.52. The van der Waals surface area contributed by atoms with Crippen molar-refractivity contribution in [2.45, 2.75) is 56.7 Å². The molecule has 1 heterocycles. The summed E-state index contributed by atoms with van der Waals surface area (Å²) in [5, 5.41) is 12.0. The molecule has 2 fully saturated rings. The summed E-state index contributed by atoms with van der Waals surface area (Å²) in [5.41, 5.74) is 5.77. The number of nitrogens with two attached hydrogens (primary N) is 1. The van der Waals surface area contributed by atoms with E-state index in [0.717, 1.165) is 32.2 Å². The zero-order chi connectivity index (χ0) is 12.3. The second-order valence-corrected chi connectivity index (χ2v) is 5.10. The number of likely N-dealkylation sites (tertiary alicyclic amines) is 1. The average molecular weight is 241 g/mol. The molecular weight excluding hydrogens is 218 g/mol. The molecule has 5 heteroatoms. The number of hydrogen-bond acceptors (Lipinski definition) is 4. The predicted octanol–water partition coefficient (Wildman–Crippen LogP) is 1.15. The van der Waals surface area contributed by atoms with E-state index in [4.69, 9.17) is 15.7 Å². The van der Waals surface area contributed by atoms with Gasteiger partial charge in [-0.15, -0.1) is 0 Å². The van der Waals surface area contributed by atoms with Crippen molar-refractivity contribution in [3.8, 4) is 0 Å². The second-order valence-electron chi connectivity index (χ2n) is 5.10. The fourth-order valence-electron chi connectivity index (χ4n) is 3.25. The van der Waals surface area contributed by atoms with Crippen molar-refractivity contribution in [3.05, 3.63) is 0 Å². The number of rotatable bonds is 3. The molecule has 3 unspecified atom stereocenters. The Morgan fingerprint density at radius 3 is 2.88 bits per heavy atom. The van der Waals surface area contributed by atoms with Crippen LogP contribution in [0, 0.1) is 0 Å². The molecule has 17 heavy (non-hydrogen) atoms. The van der Waals surface area contributed by atoms with Crippen molar-refractivity contribution in [2.24, 2.45) is 10.9 Å². The normalized spacial score (nSPS) is 36.3. The zero-order valence-electron chi connectivity index (χ0n) is 10.5. The summed E-state index contributed by atoms with van der Waals surface area (Å²) >= 11 is 0. The van der Waals surface area contributed by atoms with Crippen LogP contribution in [-0.2, 0) is 4.74 Å². The molecule has 1 aliphatic heterocycles. The first-order valence-electron chi connectivity index (χ1n) is 6.52. The number of nitrogens with zero attached hydrogens (tertiary/aromatic N) is 2. The van der Waals surface area contributed by atoms with Crippen LogP contribution in [0.25, 0.3) is 0 Å². The van der Waals surface area contributed by atoms with E-state index >= 15 is 0 Å². The van der Waals surface area contributed by atoms with Crippen LogP contribution >= 0.6 is 0 Å². The predicted molar refractivity (Wildman–Crippen MR) is 66.2 cm³/mol. The minimum atomic E-state index is 0.126. The van der Waals surface area contributed by atoms with Gasteiger partial charge in [0.1, 0.15) is 0 Å². The molecule has 0 aromatic heterocycles. The summed E-state index contributed by atoms with van der Waals surface area (Å²) in [6.07, 6.45) is 7.17. The van der Waals surface area contributed by atoms with Gasteiger partial charge in [-0.2, -0.15) is 0 Å². The van der Waals surface area contributed by atoms with Gasteiger partial charge < -0.3 is 15.7 Å². The lowest BCUT2D eigenvalue weighted by atomic mass is 9.91. The van der Waals surface area contributed by atoms with Crippen molar-refractivity contribution in [2.75, 3.05) is 13.7 Å². The maximum absolute atomic E-state index is 8.82. The van der Waals surface area contributed by atoms with Gasteiger partial charge in [0, 0.05) is 13.2 Å². The highest BCUT2D eigenvalue weighted by atomic mass is 16.5. The fourth-order valence-corrected chi connectivity index (χ4v) is 3.25. The SMILES string of the molecule is COC1CCCC(N2CCCC2C(N)=NO)C1.